The van der Waals surface area contributed by atoms with Crippen LogP contribution >= 0.6 is 0 Å². The first-order valence-corrected chi connectivity index (χ1v) is 7.13. The van der Waals surface area contributed by atoms with Gasteiger partial charge in [-0.3, -0.25) is 9.69 Å². The Kier molecular flexibility index (Phi) is 7.45. The van der Waals surface area contributed by atoms with E-state index in [9.17, 15) is 4.79 Å². The van der Waals surface area contributed by atoms with Crippen LogP contribution in [0.2, 0.25) is 0 Å². The number of rotatable bonds is 8. The molecule has 1 unspecified atom stereocenters. The molecule has 1 atom stereocenters. The van der Waals surface area contributed by atoms with Crippen molar-refractivity contribution in [1.29, 1.82) is 0 Å². The summed E-state index contributed by atoms with van der Waals surface area (Å²) in [5, 5.41) is 0. The Morgan fingerprint density at radius 2 is 2.05 bits per heavy atom. The van der Waals surface area contributed by atoms with Crippen molar-refractivity contribution in [3.8, 4) is 0 Å². The third-order valence-corrected chi connectivity index (χ3v) is 3.59. The van der Waals surface area contributed by atoms with E-state index in [1.165, 1.54) is 12.8 Å². The molecular formula is C15H27N3O. The van der Waals surface area contributed by atoms with E-state index >= 15 is 0 Å². The minimum atomic E-state index is 0.160. The van der Waals surface area contributed by atoms with E-state index in [0.717, 1.165) is 26.1 Å². The van der Waals surface area contributed by atoms with E-state index in [2.05, 4.69) is 18.1 Å². The van der Waals surface area contributed by atoms with E-state index in [1.807, 2.05) is 0 Å². The molecule has 0 radical (unpaired) electrons. The first-order chi connectivity index (χ1) is 9.21. The van der Waals surface area contributed by atoms with Gasteiger partial charge in [0.2, 0.25) is 5.91 Å². The Hall–Kier alpha value is -1.13. The summed E-state index contributed by atoms with van der Waals surface area (Å²) in [7, 11) is 0. The van der Waals surface area contributed by atoms with Gasteiger partial charge in [0, 0.05) is 19.6 Å². The van der Waals surface area contributed by atoms with E-state index in [0.29, 0.717) is 25.6 Å². The fourth-order valence-corrected chi connectivity index (χ4v) is 2.65. The quantitative estimate of drug-likeness (QED) is 0.672. The average Bonchev–Trinajstić information content (AvgIpc) is 2.39. The normalized spacial score (nSPS) is 19.9. The highest BCUT2D eigenvalue weighted by atomic mass is 16.2. The van der Waals surface area contributed by atoms with E-state index < -0.39 is 0 Å². The fourth-order valence-electron chi connectivity index (χ4n) is 2.65. The first-order valence-electron chi connectivity index (χ1n) is 7.13. The summed E-state index contributed by atoms with van der Waals surface area (Å²) >= 11 is 0. The molecule has 2 N–H and O–H groups in total. The lowest BCUT2D eigenvalue weighted by Gasteiger charge is -2.33. The first kappa shape index (κ1) is 15.9. The molecule has 0 aromatic rings. The van der Waals surface area contributed by atoms with Gasteiger partial charge < -0.3 is 10.6 Å². The van der Waals surface area contributed by atoms with Gasteiger partial charge in [-0.05, 0) is 38.3 Å². The summed E-state index contributed by atoms with van der Waals surface area (Å²) in [6.07, 6.45) is 6.99. The van der Waals surface area contributed by atoms with Gasteiger partial charge in [0.15, 0.2) is 0 Å². The molecule has 1 fully saturated rings. The predicted octanol–water partition coefficient (Wildman–Crippen LogP) is 1.25. The number of hydrogen-bond donors (Lipinski definition) is 1. The standard InChI is InChI=1S/C15H27N3O/c1-3-9-18(10-4-2)15(19)13-17-11-5-6-14(12-17)7-8-16/h3-4,14H,1-2,5-13,16H2. The molecular weight excluding hydrogens is 238 g/mol. The van der Waals surface area contributed by atoms with E-state index in [1.54, 1.807) is 17.1 Å². The average molecular weight is 265 g/mol. The van der Waals surface area contributed by atoms with Crippen molar-refractivity contribution in [2.24, 2.45) is 11.7 Å². The zero-order chi connectivity index (χ0) is 14.1. The summed E-state index contributed by atoms with van der Waals surface area (Å²) < 4.78 is 0. The minimum Gasteiger partial charge on any atom is -0.334 e. The van der Waals surface area contributed by atoms with Gasteiger partial charge in [-0.25, -0.2) is 0 Å². The van der Waals surface area contributed by atoms with Crippen molar-refractivity contribution in [1.82, 2.24) is 9.80 Å². The Morgan fingerprint density at radius 3 is 2.63 bits per heavy atom. The van der Waals surface area contributed by atoms with Crippen LogP contribution in [0.15, 0.2) is 25.3 Å². The van der Waals surface area contributed by atoms with Gasteiger partial charge in [0.1, 0.15) is 0 Å². The van der Waals surface area contributed by atoms with E-state index in [-0.39, 0.29) is 5.91 Å². The number of piperidine rings is 1. The molecule has 1 rings (SSSR count). The fraction of sp³-hybridized carbons (Fsp3) is 0.667. The Bertz CT molecular complexity index is 292. The van der Waals surface area contributed by atoms with Gasteiger partial charge in [-0.15, -0.1) is 13.2 Å². The van der Waals surface area contributed by atoms with Crippen molar-refractivity contribution >= 4 is 5.91 Å². The highest BCUT2D eigenvalue weighted by molar-refractivity contribution is 5.78. The molecule has 0 aliphatic carbocycles. The maximum absolute atomic E-state index is 12.2. The number of likely N-dealkylation sites (tertiary alicyclic amines) is 1. The minimum absolute atomic E-state index is 0.160. The zero-order valence-electron chi connectivity index (χ0n) is 11.9. The summed E-state index contributed by atoms with van der Waals surface area (Å²) in [5.74, 6) is 0.812. The second-order valence-electron chi connectivity index (χ2n) is 5.20. The molecule has 19 heavy (non-hydrogen) atoms. The summed E-state index contributed by atoms with van der Waals surface area (Å²) in [5.41, 5.74) is 5.62. The highest BCUT2D eigenvalue weighted by Crippen LogP contribution is 2.18. The van der Waals surface area contributed by atoms with Crippen molar-refractivity contribution in [3.63, 3.8) is 0 Å². The van der Waals surface area contributed by atoms with Crippen LogP contribution in [0.3, 0.4) is 0 Å². The van der Waals surface area contributed by atoms with Crippen LogP contribution in [0.5, 0.6) is 0 Å². The molecule has 1 amide bonds. The van der Waals surface area contributed by atoms with Crippen molar-refractivity contribution < 1.29 is 4.79 Å². The number of carbonyl (C=O) groups excluding carboxylic acids is 1. The number of hydrogen-bond acceptors (Lipinski definition) is 3. The second-order valence-corrected chi connectivity index (χ2v) is 5.20. The molecule has 0 aromatic carbocycles. The van der Waals surface area contributed by atoms with Crippen LogP contribution in [-0.4, -0.2) is 55.0 Å². The molecule has 1 aliphatic heterocycles. The zero-order valence-corrected chi connectivity index (χ0v) is 11.9. The lowest BCUT2D eigenvalue weighted by Crippen LogP contribution is -2.44. The van der Waals surface area contributed by atoms with Gasteiger partial charge in [0.05, 0.1) is 6.54 Å². The third-order valence-electron chi connectivity index (χ3n) is 3.59. The molecule has 108 valence electrons. The lowest BCUT2D eigenvalue weighted by molar-refractivity contribution is -0.131. The second kappa shape index (κ2) is 8.88. The van der Waals surface area contributed by atoms with Crippen molar-refractivity contribution in [2.75, 3.05) is 39.3 Å². The molecule has 1 saturated heterocycles. The van der Waals surface area contributed by atoms with Crippen LogP contribution in [0.4, 0.5) is 0 Å². The maximum atomic E-state index is 12.2. The smallest absolute Gasteiger partial charge is 0.237 e. The van der Waals surface area contributed by atoms with Gasteiger partial charge >= 0.3 is 0 Å². The van der Waals surface area contributed by atoms with Crippen LogP contribution in [-0.2, 0) is 4.79 Å². The lowest BCUT2D eigenvalue weighted by atomic mass is 9.95. The van der Waals surface area contributed by atoms with E-state index in [4.69, 9.17) is 5.73 Å². The molecule has 0 saturated carbocycles. The third kappa shape index (κ3) is 5.57. The van der Waals surface area contributed by atoms with Crippen LogP contribution in [0, 0.1) is 5.92 Å². The van der Waals surface area contributed by atoms with Gasteiger partial charge in [0.25, 0.3) is 0 Å². The summed E-state index contributed by atoms with van der Waals surface area (Å²) in [6, 6.07) is 0. The van der Waals surface area contributed by atoms with Crippen LogP contribution in [0.1, 0.15) is 19.3 Å². The summed E-state index contributed by atoms with van der Waals surface area (Å²) in [4.78, 5) is 16.3. The summed E-state index contributed by atoms with van der Waals surface area (Å²) in [6.45, 7) is 11.8. The molecule has 1 aliphatic rings. The Labute approximate surface area is 116 Å². The van der Waals surface area contributed by atoms with Crippen LogP contribution in [0.25, 0.3) is 0 Å². The number of amides is 1. The van der Waals surface area contributed by atoms with Crippen molar-refractivity contribution in [3.05, 3.63) is 25.3 Å². The molecule has 0 bridgehead atoms. The number of nitrogens with two attached hydrogens (primary N) is 1. The largest absolute Gasteiger partial charge is 0.334 e. The Morgan fingerprint density at radius 1 is 1.37 bits per heavy atom. The number of nitrogens with zero attached hydrogens (tertiary/aromatic N) is 2. The van der Waals surface area contributed by atoms with Crippen molar-refractivity contribution in [2.45, 2.75) is 19.3 Å². The van der Waals surface area contributed by atoms with Gasteiger partial charge in [-0.1, -0.05) is 12.2 Å². The molecule has 0 aromatic heterocycles. The monoisotopic (exact) mass is 265 g/mol. The predicted molar refractivity (Wildman–Crippen MR) is 79.8 cm³/mol. The Balaban J connectivity index is 2.45. The molecule has 4 heteroatoms. The molecule has 0 spiro atoms. The van der Waals surface area contributed by atoms with Crippen LogP contribution < -0.4 is 5.73 Å². The van der Waals surface area contributed by atoms with Gasteiger partial charge in [-0.2, -0.15) is 0 Å². The molecule has 1 heterocycles. The SMILES string of the molecule is C=CCN(CC=C)C(=O)CN1CCCC(CCN)C1. The maximum Gasteiger partial charge on any atom is 0.237 e. The highest BCUT2D eigenvalue weighted by Gasteiger charge is 2.22. The number of carbonyl (C=O) groups is 1. The molecule has 4 nitrogen and oxygen atoms in total. The topological polar surface area (TPSA) is 49.6 Å².